The molecule has 0 spiro atoms. The van der Waals surface area contributed by atoms with Crippen LogP contribution in [0.25, 0.3) is 5.57 Å². The van der Waals surface area contributed by atoms with Gasteiger partial charge in [0.05, 0.1) is 0 Å². The zero-order chi connectivity index (χ0) is 19.2. The third-order valence-corrected chi connectivity index (χ3v) is 6.60. The summed E-state index contributed by atoms with van der Waals surface area (Å²) in [6.07, 6.45) is 17.8. The van der Waals surface area contributed by atoms with E-state index in [1.54, 1.807) is 12.1 Å². The molecular weight excluding hydrogens is 338 g/mol. The Hall–Kier alpha value is -1.44. The van der Waals surface area contributed by atoms with E-state index in [9.17, 15) is 8.78 Å². The van der Waals surface area contributed by atoms with E-state index in [-0.39, 0.29) is 0 Å². The average Bonchev–Trinajstić information content (AvgIpc) is 2.70. The van der Waals surface area contributed by atoms with Crippen LogP contribution in [0.4, 0.5) is 8.78 Å². The van der Waals surface area contributed by atoms with Crippen LogP contribution in [0.3, 0.4) is 0 Å². The Kier molecular flexibility index (Phi) is 7.26. The second-order valence-corrected chi connectivity index (χ2v) is 8.49. The van der Waals surface area contributed by atoms with E-state index in [1.165, 1.54) is 38.5 Å². The first kappa shape index (κ1) is 20.3. The van der Waals surface area contributed by atoms with Crippen molar-refractivity contribution < 1.29 is 8.78 Å². The Labute approximate surface area is 163 Å². The highest BCUT2D eigenvalue weighted by molar-refractivity contribution is 5.75. The van der Waals surface area contributed by atoms with Crippen molar-refractivity contribution in [2.75, 3.05) is 0 Å². The third kappa shape index (κ3) is 4.89. The predicted molar refractivity (Wildman–Crippen MR) is 111 cm³/mol. The number of allylic oxidation sites excluding steroid dienone is 4. The molecule has 1 unspecified atom stereocenters. The molecule has 3 rings (SSSR count). The van der Waals surface area contributed by atoms with Crippen LogP contribution in [0.15, 0.2) is 30.4 Å². The van der Waals surface area contributed by atoms with Crippen molar-refractivity contribution in [1.29, 1.82) is 0 Å². The molecule has 0 bridgehead atoms. The molecule has 2 heteroatoms. The van der Waals surface area contributed by atoms with Gasteiger partial charge in [-0.2, -0.15) is 0 Å². The van der Waals surface area contributed by atoms with Crippen LogP contribution in [-0.2, 0) is 6.42 Å². The highest BCUT2D eigenvalue weighted by Gasteiger charge is 2.27. The molecule has 1 atom stereocenters. The van der Waals surface area contributed by atoms with Crippen molar-refractivity contribution in [3.05, 3.63) is 53.1 Å². The lowest BCUT2D eigenvalue weighted by Gasteiger charge is -2.33. The van der Waals surface area contributed by atoms with Gasteiger partial charge in [0.2, 0.25) is 0 Å². The number of hydrogen-bond acceptors (Lipinski definition) is 0. The van der Waals surface area contributed by atoms with Crippen LogP contribution in [0.2, 0.25) is 0 Å². The third-order valence-electron chi connectivity index (χ3n) is 6.60. The molecule has 0 aromatic heterocycles. The van der Waals surface area contributed by atoms with Gasteiger partial charge in [0.15, 0.2) is 11.6 Å². The van der Waals surface area contributed by atoms with Gasteiger partial charge in [0.25, 0.3) is 0 Å². The van der Waals surface area contributed by atoms with Gasteiger partial charge in [0, 0.05) is 5.56 Å². The summed E-state index contributed by atoms with van der Waals surface area (Å²) in [6.45, 7) is 4.34. The van der Waals surface area contributed by atoms with Crippen LogP contribution in [0.5, 0.6) is 0 Å². The first-order valence-electron chi connectivity index (χ1n) is 11.0. The van der Waals surface area contributed by atoms with E-state index in [2.05, 4.69) is 26.0 Å². The molecule has 0 amide bonds. The standard InChI is InChI=1S/C25H34F2/c1-3-5-7-22-16-17-23(25(27)24(22)26)21-14-12-20(13-15-21)19-10-8-18(6-4-2)9-11-19/h12,14-20H,3-11,13H2,1-2H3/t18-,19-,20?. The minimum atomic E-state index is -0.682. The van der Waals surface area contributed by atoms with Crippen molar-refractivity contribution in [3.63, 3.8) is 0 Å². The van der Waals surface area contributed by atoms with Crippen LogP contribution in [-0.4, -0.2) is 0 Å². The molecule has 0 nitrogen and oxygen atoms in total. The van der Waals surface area contributed by atoms with Gasteiger partial charge in [-0.1, -0.05) is 76.3 Å². The van der Waals surface area contributed by atoms with E-state index in [0.29, 0.717) is 23.5 Å². The summed E-state index contributed by atoms with van der Waals surface area (Å²) in [7, 11) is 0. The van der Waals surface area contributed by atoms with Crippen molar-refractivity contribution >= 4 is 5.57 Å². The average molecular weight is 373 g/mol. The van der Waals surface area contributed by atoms with E-state index in [4.69, 9.17) is 0 Å². The summed E-state index contributed by atoms with van der Waals surface area (Å²) < 4.78 is 29.0. The summed E-state index contributed by atoms with van der Waals surface area (Å²) in [4.78, 5) is 0. The summed E-state index contributed by atoms with van der Waals surface area (Å²) in [6, 6.07) is 3.52. The first-order chi connectivity index (χ1) is 13.1. The molecule has 1 aromatic rings. The van der Waals surface area contributed by atoms with Gasteiger partial charge in [-0.3, -0.25) is 0 Å². The summed E-state index contributed by atoms with van der Waals surface area (Å²) in [5.74, 6) is 0.899. The second-order valence-electron chi connectivity index (χ2n) is 8.49. The first-order valence-corrected chi connectivity index (χ1v) is 11.0. The molecule has 1 aromatic carbocycles. The topological polar surface area (TPSA) is 0 Å². The van der Waals surface area contributed by atoms with E-state index in [1.807, 2.05) is 6.08 Å². The number of unbranched alkanes of at least 4 members (excludes halogenated alkanes) is 1. The van der Waals surface area contributed by atoms with Gasteiger partial charge in [-0.05, 0) is 61.0 Å². The highest BCUT2D eigenvalue weighted by Crippen LogP contribution is 2.39. The fourth-order valence-corrected chi connectivity index (χ4v) is 4.87. The Morgan fingerprint density at radius 1 is 0.963 bits per heavy atom. The van der Waals surface area contributed by atoms with E-state index < -0.39 is 11.6 Å². The maximum Gasteiger partial charge on any atom is 0.166 e. The number of rotatable bonds is 7. The zero-order valence-electron chi connectivity index (χ0n) is 16.9. The van der Waals surface area contributed by atoms with Crippen molar-refractivity contribution in [1.82, 2.24) is 0 Å². The lowest BCUT2D eigenvalue weighted by Crippen LogP contribution is -2.21. The van der Waals surface area contributed by atoms with Crippen molar-refractivity contribution in [2.45, 2.75) is 78.1 Å². The lowest BCUT2D eigenvalue weighted by molar-refractivity contribution is 0.221. The van der Waals surface area contributed by atoms with E-state index >= 15 is 0 Å². The molecule has 1 saturated carbocycles. The molecule has 148 valence electrons. The molecule has 0 radical (unpaired) electrons. The van der Waals surface area contributed by atoms with Gasteiger partial charge in [-0.15, -0.1) is 0 Å². The molecule has 2 aliphatic carbocycles. The van der Waals surface area contributed by atoms with Gasteiger partial charge in [-0.25, -0.2) is 8.78 Å². The minimum Gasteiger partial charge on any atom is -0.203 e. The molecule has 27 heavy (non-hydrogen) atoms. The van der Waals surface area contributed by atoms with Crippen LogP contribution < -0.4 is 0 Å². The van der Waals surface area contributed by atoms with Gasteiger partial charge < -0.3 is 0 Å². The molecule has 0 saturated heterocycles. The number of halogens is 2. The predicted octanol–water partition coefficient (Wildman–Crippen LogP) is 7.87. The zero-order valence-corrected chi connectivity index (χ0v) is 16.9. The summed E-state index contributed by atoms with van der Waals surface area (Å²) >= 11 is 0. The molecular formula is C25H34F2. The smallest absolute Gasteiger partial charge is 0.166 e. The Balaban J connectivity index is 1.63. The number of hydrogen-bond donors (Lipinski definition) is 0. The Bertz CT molecular complexity index is 678. The van der Waals surface area contributed by atoms with Crippen molar-refractivity contribution in [3.8, 4) is 0 Å². The SMILES string of the molecule is CCCCc1ccc(C2=CCC([C@H]3CC[C@H](CCC)CC3)C=C2)c(F)c1F. The summed E-state index contributed by atoms with van der Waals surface area (Å²) in [5, 5.41) is 0. The van der Waals surface area contributed by atoms with Crippen LogP contribution in [0, 0.1) is 29.4 Å². The quantitative estimate of drug-likeness (QED) is 0.457. The lowest BCUT2D eigenvalue weighted by atomic mass is 9.72. The normalized spacial score (nSPS) is 25.5. The maximum atomic E-state index is 14.6. The molecule has 0 N–H and O–H groups in total. The number of benzene rings is 1. The Morgan fingerprint density at radius 2 is 1.74 bits per heavy atom. The van der Waals surface area contributed by atoms with E-state index in [0.717, 1.165) is 36.7 Å². The molecule has 2 aliphatic rings. The largest absolute Gasteiger partial charge is 0.203 e. The molecule has 0 aliphatic heterocycles. The maximum absolute atomic E-state index is 14.6. The van der Waals surface area contributed by atoms with Crippen molar-refractivity contribution in [2.24, 2.45) is 17.8 Å². The molecule has 1 fully saturated rings. The number of aryl methyl sites for hydroxylation is 1. The summed E-state index contributed by atoms with van der Waals surface area (Å²) in [5.41, 5.74) is 1.75. The second kappa shape index (κ2) is 9.66. The fraction of sp³-hybridized carbons (Fsp3) is 0.600. The Morgan fingerprint density at radius 3 is 2.37 bits per heavy atom. The van der Waals surface area contributed by atoms with Crippen LogP contribution in [0.1, 0.15) is 82.8 Å². The van der Waals surface area contributed by atoms with Gasteiger partial charge in [0.1, 0.15) is 0 Å². The molecule has 0 heterocycles. The highest BCUT2D eigenvalue weighted by atomic mass is 19.2. The van der Waals surface area contributed by atoms with Crippen LogP contribution >= 0.6 is 0 Å². The monoisotopic (exact) mass is 372 g/mol. The van der Waals surface area contributed by atoms with Gasteiger partial charge >= 0.3 is 0 Å². The minimum absolute atomic E-state index is 0.411. The fourth-order valence-electron chi connectivity index (χ4n) is 4.87.